The predicted octanol–water partition coefficient (Wildman–Crippen LogP) is 1.92. The average molecular weight is 346 g/mol. The van der Waals surface area contributed by atoms with Gasteiger partial charge >= 0.3 is 0 Å². The number of hydrogen-bond acceptors (Lipinski definition) is 4. The third kappa shape index (κ3) is 5.29. The molecule has 1 saturated heterocycles. The van der Waals surface area contributed by atoms with Crippen molar-refractivity contribution >= 4 is 5.91 Å². The van der Waals surface area contributed by atoms with Crippen LogP contribution in [-0.4, -0.2) is 53.8 Å². The van der Waals surface area contributed by atoms with Crippen molar-refractivity contribution in [3.05, 3.63) is 48.0 Å². The molecule has 0 radical (unpaired) electrons. The van der Waals surface area contributed by atoms with Crippen molar-refractivity contribution in [2.75, 3.05) is 32.8 Å². The number of aromatic amines is 1. The Bertz CT molecular complexity index is 660. The van der Waals surface area contributed by atoms with Gasteiger partial charge in [-0.15, -0.1) is 0 Å². The minimum Gasteiger partial charge on any atom is -0.492 e. The zero-order chi connectivity index (χ0) is 17.5. The van der Waals surface area contributed by atoms with Gasteiger partial charge in [-0.1, -0.05) is 0 Å². The molecule has 25 heavy (non-hydrogen) atoms. The van der Waals surface area contributed by atoms with Crippen molar-refractivity contribution in [2.24, 2.45) is 0 Å². The van der Waals surface area contributed by atoms with Gasteiger partial charge in [0, 0.05) is 24.4 Å². The smallest absolute Gasteiger partial charge is 0.234 e. The summed E-state index contributed by atoms with van der Waals surface area (Å²) >= 11 is 0. The zero-order valence-electron chi connectivity index (χ0n) is 14.1. The molecule has 2 N–H and O–H groups in total. The molecule has 7 heteroatoms. The number of carbonyl (C=O) groups is 1. The summed E-state index contributed by atoms with van der Waals surface area (Å²) in [5.41, 5.74) is 1.14. The van der Waals surface area contributed by atoms with Crippen LogP contribution in [0, 0.1) is 5.82 Å². The van der Waals surface area contributed by atoms with E-state index in [1.165, 1.54) is 12.1 Å². The lowest BCUT2D eigenvalue weighted by molar-refractivity contribution is -0.122. The maximum atomic E-state index is 12.8. The summed E-state index contributed by atoms with van der Waals surface area (Å²) in [7, 11) is 0. The largest absolute Gasteiger partial charge is 0.492 e. The van der Waals surface area contributed by atoms with Gasteiger partial charge in [0.2, 0.25) is 5.91 Å². The van der Waals surface area contributed by atoms with E-state index in [9.17, 15) is 9.18 Å². The first-order valence-electron chi connectivity index (χ1n) is 8.57. The first-order valence-corrected chi connectivity index (χ1v) is 8.57. The Morgan fingerprint density at radius 2 is 2.20 bits per heavy atom. The van der Waals surface area contributed by atoms with E-state index < -0.39 is 0 Å². The third-order valence-corrected chi connectivity index (χ3v) is 4.34. The monoisotopic (exact) mass is 346 g/mol. The van der Waals surface area contributed by atoms with Crippen LogP contribution in [0.15, 0.2) is 36.5 Å². The molecule has 1 amide bonds. The second-order valence-electron chi connectivity index (χ2n) is 6.24. The molecule has 0 bridgehead atoms. The molecule has 6 nitrogen and oxygen atoms in total. The minimum atomic E-state index is -0.296. The fourth-order valence-electron chi connectivity index (χ4n) is 3.10. The normalized spacial score (nSPS) is 18.0. The molecule has 1 aliphatic rings. The molecule has 0 saturated carbocycles. The van der Waals surface area contributed by atoms with E-state index in [0.717, 1.165) is 31.6 Å². The molecule has 3 rings (SSSR count). The Morgan fingerprint density at radius 1 is 1.36 bits per heavy atom. The number of amides is 1. The number of nitrogens with one attached hydrogen (secondary N) is 2. The molecule has 134 valence electrons. The van der Waals surface area contributed by atoms with Gasteiger partial charge in [-0.25, -0.2) is 4.39 Å². The summed E-state index contributed by atoms with van der Waals surface area (Å²) < 4.78 is 18.3. The Labute approximate surface area is 146 Å². The minimum absolute atomic E-state index is 0.00651. The van der Waals surface area contributed by atoms with Crippen molar-refractivity contribution < 1.29 is 13.9 Å². The summed E-state index contributed by atoms with van der Waals surface area (Å²) in [5, 5.41) is 9.89. The van der Waals surface area contributed by atoms with Crippen molar-refractivity contribution in [1.29, 1.82) is 0 Å². The van der Waals surface area contributed by atoms with Gasteiger partial charge in [-0.2, -0.15) is 5.10 Å². The van der Waals surface area contributed by atoms with E-state index in [1.807, 2.05) is 6.07 Å². The summed E-state index contributed by atoms with van der Waals surface area (Å²) in [5.74, 6) is 0.698. The number of H-pyrrole nitrogens is 1. The second kappa shape index (κ2) is 8.62. The van der Waals surface area contributed by atoms with Crippen LogP contribution >= 0.6 is 0 Å². The fraction of sp³-hybridized carbons (Fsp3) is 0.444. The lowest BCUT2D eigenvalue weighted by Crippen LogP contribution is -2.42. The maximum Gasteiger partial charge on any atom is 0.234 e. The summed E-state index contributed by atoms with van der Waals surface area (Å²) in [6.45, 7) is 2.97. The van der Waals surface area contributed by atoms with Gasteiger partial charge in [-0.05, 0) is 49.7 Å². The Hall–Kier alpha value is -2.41. The van der Waals surface area contributed by atoms with Crippen molar-refractivity contribution in [3.8, 4) is 5.75 Å². The van der Waals surface area contributed by atoms with Crippen molar-refractivity contribution in [1.82, 2.24) is 20.4 Å². The van der Waals surface area contributed by atoms with Crippen LogP contribution in [0.3, 0.4) is 0 Å². The molecule has 1 aromatic carbocycles. The molecule has 2 aromatic rings. The van der Waals surface area contributed by atoms with Crippen molar-refractivity contribution in [2.45, 2.75) is 18.8 Å². The molecule has 1 fully saturated rings. The lowest BCUT2D eigenvalue weighted by atomic mass is 9.95. The standard InChI is InChI=1S/C18H23FN4O2/c19-15-3-5-16(6-4-15)25-11-9-20-18(24)13-23-10-1-2-14(12-23)17-7-8-21-22-17/h3-8,14H,1-2,9-13H2,(H,20,24)(H,21,22)/t14-/m0/s1. The number of piperidine rings is 1. The zero-order valence-corrected chi connectivity index (χ0v) is 14.1. The van der Waals surface area contributed by atoms with Crippen LogP contribution in [0.5, 0.6) is 5.75 Å². The highest BCUT2D eigenvalue weighted by Crippen LogP contribution is 2.24. The van der Waals surface area contributed by atoms with E-state index in [2.05, 4.69) is 20.4 Å². The van der Waals surface area contributed by atoms with Gasteiger partial charge < -0.3 is 10.1 Å². The number of ether oxygens (including phenoxy) is 1. The first-order chi connectivity index (χ1) is 12.2. The van der Waals surface area contributed by atoms with E-state index in [-0.39, 0.29) is 11.7 Å². The van der Waals surface area contributed by atoms with Gasteiger partial charge in [0.05, 0.1) is 13.1 Å². The molecule has 0 aliphatic carbocycles. The number of halogens is 1. The first kappa shape index (κ1) is 17.4. The van der Waals surface area contributed by atoms with E-state index in [4.69, 9.17) is 4.74 Å². The molecule has 2 heterocycles. The van der Waals surface area contributed by atoms with Crippen LogP contribution in [0.1, 0.15) is 24.5 Å². The van der Waals surface area contributed by atoms with Crippen LogP contribution in [0.2, 0.25) is 0 Å². The van der Waals surface area contributed by atoms with E-state index >= 15 is 0 Å². The van der Waals surface area contributed by atoms with Gasteiger partial charge in [-0.3, -0.25) is 14.8 Å². The average Bonchev–Trinajstić information content (AvgIpc) is 3.15. The maximum absolute atomic E-state index is 12.8. The second-order valence-corrected chi connectivity index (χ2v) is 6.24. The van der Waals surface area contributed by atoms with Gasteiger partial charge in [0.25, 0.3) is 0 Å². The number of likely N-dealkylation sites (tertiary alicyclic amines) is 1. The summed E-state index contributed by atoms with van der Waals surface area (Å²) in [6, 6.07) is 7.84. The van der Waals surface area contributed by atoms with Crippen LogP contribution in [0.4, 0.5) is 4.39 Å². The quantitative estimate of drug-likeness (QED) is 0.752. The van der Waals surface area contributed by atoms with Crippen molar-refractivity contribution in [3.63, 3.8) is 0 Å². The number of carbonyl (C=O) groups excluding carboxylic acids is 1. The molecule has 0 unspecified atom stereocenters. The van der Waals surface area contributed by atoms with Gasteiger partial charge in [0.15, 0.2) is 0 Å². The highest BCUT2D eigenvalue weighted by molar-refractivity contribution is 5.78. The highest BCUT2D eigenvalue weighted by atomic mass is 19.1. The molecular formula is C18H23FN4O2. The molecular weight excluding hydrogens is 323 g/mol. The SMILES string of the molecule is O=C(CN1CCC[C@H](c2ccn[nH]2)C1)NCCOc1ccc(F)cc1. The highest BCUT2D eigenvalue weighted by Gasteiger charge is 2.23. The van der Waals surface area contributed by atoms with Crippen LogP contribution in [-0.2, 0) is 4.79 Å². The third-order valence-electron chi connectivity index (χ3n) is 4.34. The summed E-state index contributed by atoms with van der Waals surface area (Å²) in [6.07, 6.45) is 3.96. The number of hydrogen-bond donors (Lipinski definition) is 2. The number of nitrogens with zero attached hydrogens (tertiary/aromatic N) is 2. The predicted molar refractivity (Wildman–Crippen MR) is 91.9 cm³/mol. The van der Waals surface area contributed by atoms with Crippen LogP contribution in [0.25, 0.3) is 0 Å². The molecule has 1 aromatic heterocycles. The van der Waals surface area contributed by atoms with E-state index in [0.29, 0.717) is 31.4 Å². The number of rotatable bonds is 7. The lowest BCUT2D eigenvalue weighted by Gasteiger charge is -2.31. The number of aromatic nitrogens is 2. The van der Waals surface area contributed by atoms with E-state index in [1.54, 1.807) is 18.3 Å². The molecule has 1 atom stereocenters. The Kier molecular flexibility index (Phi) is 6.00. The number of benzene rings is 1. The van der Waals surface area contributed by atoms with Gasteiger partial charge in [0.1, 0.15) is 18.2 Å². The molecule has 0 spiro atoms. The molecule has 1 aliphatic heterocycles. The summed E-state index contributed by atoms with van der Waals surface area (Å²) in [4.78, 5) is 14.3. The Balaban J connectivity index is 1.35. The fourth-order valence-corrected chi connectivity index (χ4v) is 3.10. The Morgan fingerprint density at radius 3 is 2.96 bits per heavy atom. The topological polar surface area (TPSA) is 70.2 Å². The van der Waals surface area contributed by atoms with Crippen LogP contribution < -0.4 is 10.1 Å².